The topological polar surface area (TPSA) is 24.9 Å². The second kappa shape index (κ2) is 7.71. The van der Waals surface area contributed by atoms with E-state index in [1.54, 1.807) is 0 Å². The molecule has 0 spiro atoms. The van der Waals surface area contributed by atoms with Crippen molar-refractivity contribution in [3.8, 4) is 0 Å². The summed E-state index contributed by atoms with van der Waals surface area (Å²) in [5.41, 5.74) is 5.04. The molecule has 0 amide bonds. The number of aromatic nitrogens is 1. The van der Waals surface area contributed by atoms with Gasteiger partial charge in [-0.05, 0) is 55.6 Å². The molecule has 2 nitrogen and oxygen atoms in total. The van der Waals surface area contributed by atoms with E-state index in [-0.39, 0.29) is 0 Å². The molecule has 112 valence electrons. The molecule has 2 rings (SSSR count). The first-order valence-electron chi connectivity index (χ1n) is 7.51. The Kier molecular flexibility index (Phi) is 5.95. The summed E-state index contributed by atoms with van der Waals surface area (Å²) in [5, 5.41) is 3.65. The van der Waals surface area contributed by atoms with Gasteiger partial charge < -0.3 is 5.32 Å². The van der Waals surface area contributed by atoms with Crippen molar-refractivity contribution in [3.63, 3.8) is 0 Å². The van der Waals surface area contributed by atoms with Crippen molar-refractivity contribution in [2.45, 2.75) is 39.7 Å². The van der Waals surface area contributed by atoms with E-state index in [4.69, 9.17) is 0 Å². The molecule has 2 aromatic rings. The molecule has 1 unspecified atom stereocenters. The Morgan fingerprint density at radius 2 is 1.90 bits per heavy atom. The van der Waals surface area contributed by atoms with Gasteiger partial charge in [0.05, 0.1) is 0 Å². The number of pyridine rings is 1. The Morgan fingerprint density at radius 3 is 2.48 bits per heavy atom. The summed E-state index contributed by atoms with van der Waals surface area (Å²) in [6.45, 7) is 7.52. The van der Waals surface area contributed by atoms with Crippen molar-refractivity contribution in [2.24, 2.45) is 0 Å². The Labute approximate surface area is 136 Å². The number of halogens is 1. The van der Waals surface area contributed by atoms with Gasteiger partial charge in [-0.25, -0.2) is 0 Å². The van der Waals surface area contributed by atoms with Crippen LogP contribution >= 0.6 is 15.9 Å². The summed E-state index contributed by atoms with van der Waals surface area (Å²) in [6, 6.07) is 11.0. The third-order valence-electron chi connectivity index (χ3n) is 3.64. The first-order chi connectivity index (χ1) is 10.1. The highest BCUT2D eigenvalue weighted by atomic mass is 79.9. The maximum atomic E-state index is 4.47. The highest BCUT2D eigenvalue weighted by Gasteiger charge is 2.14. The summed E-state index contributed by atoms with van der Waals surface area (Å²) < 4.78 is 1.21. The van der Waals surface area contributed by atoms with Gasteiger partial charge in [0.1, 0.15) is 0 Å². The highest BCUT2D eigenvalue weighted by Crippen LogP contribution is 2.27. The number of aryl methyl sites for hydroxylation is 2. The zero-order valence-corrected chi connectivity index (χ0v) is 14.6. The largest absolute Gasteiger partial charge is 0.310 e. The van der Waals surface area contributed by atoms with E-state index in [1.807, 2.05) is 12.3 Å². The van der Waals surface area contributed by atoms with Gasteiger partial charge in [0.2, 0.25) is 0 Å². The summed E-state index contributed by atoms with van der Waals surface area (Å²) >= 11 is 3.65. The number of nitrogens with zero attached hydrogens (tertiary/aromatic N) is 1. The second-order valence-electron chi connectivity index (χ2n) is 5.50. The molecule has 0 fully saturated rings. The lowest BCUT2D eigenvalue weighted by Gasteiger charge is -2.20. The van der Waals surface area contributed by atoms with Crippen LogP contribution in [0.15, 0.2) is 41.0 Å². The van der Waals surface area contributed by atoms with E-state index >= 15 is 0 Å². The fraction of sp³-hybridized carbons (Fsp3) is 0.389. The SMILES string of the molecule is CCCNC(Cc1ccccn1)c1cc(C)c(Br)c(C)c1. The van der Waals surface area contributed by atoms with Crippen LogP contribution in [0, 0.1) is 13.8 Å². The van der Waals surface area contributed by atoms with Gasteiger partial charge in [0.25, 0.3) is 0 Å². The van der Waals surface area contributed by atoms with Crippen LogP contribution in [0.3, 0.4) is 0 Å². The predicted molar refractivity (Wildman–Crippen MR) is 92.6 cm³/mol. The van der Waals surface area contributed by atoms with Crippen LogP contribution in [0.1, 0.15) is 41.8 Å². The third-order valence-corrected chi connectivity index (χ3v) is 4.89. The first-order valence-corrected chi connectivity index (χ1v) is 8.31. The van der Waals surface area contributed by atoms with Crippen LogP contribution in [-0.4, -0.2) is 11.5 Å². The zero-order valence-electron chi connectivity index (χ0n) is 13.0. The minimum Gasteiger partial charge on any atom is -0.310 e. The average molecular weight is 347 g/mol. The van der Waals surface area contributed by atoms with Crippen LogP contribution in [0.5, 0.6) is 0 Å². The fourth-order valence-corrected chi connectivity index (χ4v) is 2.76. The Bertz CT molecular complexity index is 558. The van der Waals surface area contributed by atoms with Crippen LogP contribution in [0.4, 0.5) is 0 Å². The van der Waals surface area contributed by atoms with Crippen molar-refractivity contribution >= 4 is 15.9 Å². The molecule has 0 radical (unpaired) electrons. The molecule has 0 saturated heterocycles. The summed E-state index contributed by atoms with van der Waals surface area (Å²) in [5.74, 6) is 0. The molecule has 0 bridgehead atoms. The highest BCUT2D eigenvalue weighted by molar-refractivity contribution is 9.10. The van der Waals surface area contributed by atoms with Crippen molar-refractivity contribution in [3.05, 3.63) is 63.4 Å². The van der Waals surface area contributed by atoms with Gasteiger partial charge in [-0.15, -0.1) is 0 Å². The van der Waals surface area contributed by atoms with E-state index in [0.29, 0.717) is 6.04 Å². The van der Waals surface area contributed by atoms with Crippen LogP contribution in [-0.2, 0) is 6.42 Å². The summed E-state index contributed by atoms with van der Waals surface area (Å²) in [7, 11) is 0. The minimum atomic E-state index is 0.311. The maximum Gasteiger partial charge on any atom is 0.0422 e. The van der Waals surface area contributed by atoms with Gasteiger partial charge in [-0.3, -0.25) is 4.98 Å². The fourth-order valence-electron chi connectivity index (χ4n) is 2.54. The number of benzene rings is 1. The molecular weight excluding hydrogens is 324 g/mol. The summed E-state index contributed by atoms with van der Waals surface area (Å²) in [6.07, 6.45) is 3.92. The number of hydrogen-bond donors (Lipinski definition) is 1. The maximum absolute atomic E-state index is 4.47. The summed E-state index contributed by atoms with van der Waals surface area (Å²) in [4.78, 5) is 4.47. The van der Waals surface area contributed by atoms with Gasteiger partial charge >= 0.3 is 0 Å². The van der Waals surface area contributed by atoms with Gasteiger partial charge in [0, 0.05) is 28.8 Å². The first kappa shape index (κ1) is 16.2. The minimum absolute atomic E-state index is 0.311. The molecule has 0 aliphatic heterocycles. The lowest BCUT2D eigenvalue weighted by atomic mass is 9.97. The molecule has 21 heavy (non-hydrogen) atoms. The zero-order chi connectivity index (χ0) is 15.2. The number of nitrogens with one attached hydrogen (secondary N) is 1. The van der Waals surface area contributed by atoms with Crippen LogP contribution in [0.2, 0.25) is 0 Å². The Hall–Kier alpha value is -1.19. The standard InChI is InChI=1S/C18H23BrN2/c1-4-8-21-17(12-16-7-5-6-9-20-16)15-10-13(2)18(19)14(3)11-15/h5-7,9-11,17,21H,4,8,12H2,1-3H3. The lowest BCUT2D eigenvalue weighted by Crippen LogP contribution is -2.24. The van der Waals surface area contributed by atoms with Crippen molar-refractivity contribution in [2.75, 3.05) is 6.54 Å². The molecule has 0 aliphatic carbocycles. The van der Waals surface area contributed by atoms with Crippen molar-refractivity contribution in [1.29, 1.82) is 0 Å². The molecule has 3 heteroatoms. The molecule has 1 atom stereocenters. The van der Waals surface area contributed by atoms with Gasteiger partial charge in [-0.2, -0.15) is 0 Å². The average Bonchev–Trinajstić information content (AvgIpc) is 2.49. The quantitative estimate of drug-likeness (QED) is 0.816. The monoisotopic (exact) mass is 346 g/mol. The van der Waals surface area contributed by atoms with E-state index in [1.165, 1.54) is 21.2 Å². The number of hydrogen-bond acceptors (Lipinski definition) is 2. The molecular formula is C18H23BrN2. The van der Waals surface area contributed by atoms with E-state index in [9.17, 15) is 0 Å². The third kappa shape index (κ3) is 4.39. The van der Waals surface area contributed by atoms with Gasteiger partial charge in [0.15, 0.2) is 0 Å². The van der Waals surface area contributed by atoms with Crippen molar-refractivity contribution < 1.29 is 0 Å². The molecule has 1 heterocycles. The predicted octanol–water partition coefficient (Wildman–Crippen LogP) is 4.74. The van der Waals surface area contributed by atoms with E-state index < -0.39 is 0 Å². The smallest absolute Gasteiger partial charge is 0.0422 e. The molecule has 1 aromatic carbocycles. The molecule has 1 aromatic heterocycles. The molecule has 1 N–H and O–H groups in total. The molecule has 0 aliphatic rings. The Balaban J connectivity index is 2.27. The normalized spacial score (nSPS) is 12.4. The Morgan fingerprint density at radius 1 is 1.19 bits per heavy atom. The number of rotatable bonds is 6. The van der Waals surface area contributed by atoms with Crippen molar-refractivity contribution in [1.82, 2.24) is 10.3 Å². The van der Waals surface area contributed by atoms with Crippen LogP contribution in [0.25, 0.3) is 0 Å². The van der Waals surface area contributed by atoms with E-state index in [0.717, 1.165) is 25.1 Å². The van der Waals surface area contributed by atoms with E-state index in [2.05, 4.69) is 71.3 Å². The van der Waals surface area contributed by atoms with Crippen LogP contribution < -0.4 is 5.32 Å². The van der Waals surface area contributed by atoms with Gasteiger partial charge in [-0.1, -0.05) is 41.1 Å². The lowest BCUT2D eigenvalue weighted by molar-refractivity contribution is 0.524. The second-order valence-corrected chi connectivity index (χ2v) is 6.29. The molecule has 0 saturated carbocycles.